The van der Waals surface area contributed by atoms with Crippen LogP contribution in [0, 0.1) is 0 Å². The lowest BCUT2D eigenvalue weighted by Gasteiger charge is -2.26. The number of nitrogens with two attached hydrogens (primary N) is 3. The summed E-state index contributed by atoms with van der Waals surface area (Å²) in [5.74, 6) is -2.01. The summed E-state index contributed by atoms with van der Waals surface area (Å²) in [5.41, 5.74) is 16.8. The third-order valence-corrected chi connectivity index (χ3v) is 5.57. The first-order valence-electron chi connectivity index (χ1n) is 11.1. The van der Waals surface area contributed by atoms with Crippen molar-refractivity contribution in [2.75, 3.05) is 13.1 Å². The largest absolute Gasteiger partial charge is 0.508 e. The molecule has 34 heavy (non-hydrogen) atoms. The number of hydrogen-bond donors (Lipinski definition) is 6. The topological polar surface area (TPSA) is 206 Å². The van der Waals surface area contributed by atoms with Crippen LogP contribution in [0.25, 0.3) is 0 Å². The summed E-state index contributed by atoms with van der Waals surface area (Å²) >= 11 is 0. The fourth-order valence-electron chi connectivity index (χ4n) is 3.82. The SMILES string of the molecule is CC(=O)N1CCC[C@H]1C(=O)N[C@@H](CCCN=C(N)N)C(=O)N[C@@H](Cc1ccc(O)cc1)C(N)=O. The number of nitrogens with zero attached hydrogens (tertiary/aromatic N) is 2. The maximum absolute atomic E-state index is 13.1. The molecule has 1 aromatic rings. The Labute approximate surface area is 197 Å². The summed E-state index contributed by atoms with van der Waals surface area (Å²) in [6.07, 6.45) is 1.88. The molecule has 3 atom stereocenters. The smallest absolute Gasteiger partial charge is 0.243 e. The average Bonchev–Trinajstić information content (AvgIpc) is 3.27. The molecule has 1 aliphatic rings. The van der Waals surface area contributed by atoms with Gasteiger partial charge >= 0.3 is 0 Å². The first-order valence-corrected chi connectivity index (χ1v) is 11.1. The Hall–Kier alpha value is -3.83. The molecule has 0 saturated carbocycles. The van der Waals surface area contributed by atoms with Crippen molar-refractivity contribution in [1.82, 2.24) is 15.5 Å². The van der Waals surface area contributed by atoms with Crippen molar-refractivity contribution in [1.29, 1.82) is 0 Å². The highest BCUT2D eigenvalue weighted by atomic mass is 16.3. The van der Waals surface area contributed by atoms with E-state index in [1.807, 2.05) is 0 Å². The minimum atomic E-state index is -1.03. The van der Waals surface area contributed by atoms with Crippen LogP contribution in [0.5, 0.6) is 5.75 Å². The molecule has 0 aliphatic carbocycles. The van der Waals surface area contributed by atoms with Crippen molar-refractivity contribution in [3.05, 3.63) is 29.8 Å². The second-order valence-electron chi connectivity index (χ2n) is 8.21. The van der Waals surface area contributed by atoms with E-state index in [0.29, 0.717) is 31.4 Å². The van der Waals surface area contributed by atoms with Gasteiger partial charge in [0.05, 0.1) is 0 Å². The van der Waals surface area contributed by atoms with Gasteiger partial charge in [0.1, 0.15) is 23.9 Å². The maximum Gasteiger partial charge on any atom is 0.243 e. The van der Waals surface area contributed by atoms with Gasteiger partial charge in [0, 0.05) is 26.4 Å². The van der Waals surface area contributed by atoms with Crippen LogP contribution >= 0.6 is 0 Å². The normalized spacial score (nSPS) is 16.9. The number of carbonyl (C=O) groups excluding carboxylic acids is 4. The van der Waals surface area contributed by atoms with Gasteiger partial charge in [0.2, 0.25) is 23.6 Å². The zero-order chi connectivity index (χ0) is 25.3. The third-order valence-electron chi connectivity index (χ3n) is 5.57. The maximum atomic E-state index is 13.1. The standard InChI is InChI=1S/C22H33N7O5/c1-13(30)29-11-3-5-18(29)21(34)27-16(4-2-10-26-22(24)25)20(33)28-17(19(23)32)12-14-6-8-15(31)9-7-14/h6-9,16-18,31H,2-5,10-12H2,1H3,(H2,23,32)(H,27,34)(H,28,33)(H4,24,25,26)/t16-,17-,18-/m0/s1. The van der Waals surface area contributed by atoms with E-state index < -0.39 is 35.8 Å². The van der Waals surface area contributed by atoms with Gasteiger partial charge < -0.3 is 37.8 Å². The van der Waals surface area contributed by atoms with Crippen molar-refractivity contribution in [2.45, 2.75) is 57.2 Å². The predicted molar refractivity (Wildman–Crippen MR) is 125 cm³/mol. The average molecular weight is 476 g/mol. The Morgan fingerprint density at radius 1 is 1.12 bits per heavy atom. The molecule has 9 N–H and O–H groups in total. The highest BCUT2D eigenvalue weighted by Gasteiger charge is 2.35. The molecule has 0 radical (unpaired) electrons. The van der Waals surface area contributed by atoms with Crippen LogP contribution in [0.1, 0.15) is 38.2 Å². The summed E-state index contributed by atoms with van der Waals surface area (Å²) < 4.78 is 0. The van der Waals surface area contributed by atoms with Crippen LogP contribution in [0.2, 0.25) is 0 Å². The van der Waals surface area contributed by atoms with E-state index in [4.69, 9.17) is 17.2 Å². The van der Waals surface area contributed by atoms with Crippen molar-refractivity contribution in [3.8, 4) is 5.75 Å². The molecular weight excluding hydrogens is 442 g/mol. The summed E-state index contributed by atoms with van der Waals surface area (Å²) in [6, 6.07) is 3.47. The lowest BCUT2D eigenvalue weighted by atomic mass is 10.0. The third kappa shape index (κ3) is 7.94. The van der Waals surface area contributed by atoms with Gasteiger partial charge in [-0.05, 0) is 43.4 Å². The molecule has 1 fully saturated rings. The highest BCUT2D eigenvalue weighted by Crippen LogP contribution is 2.18. The van der Waals surface area contributed by atoms with Gasteiger partial charge in [-0.3, -0.25) is 24.2 Å². The van der Waals surface area contributed by atoms with Gasteiger partial charge in [-0.2, -0.15) is 0 Å². The van der Waals surface area contributed by atoms with Crippen LogP contribution in [-0.4, -0.2) is 70.8 Å². The molecule has 186 valence electrons. The van der Waals surface area contributed by atoms with Gasteiger partial charge in [-0.1, -0.05) is 12.1 Å². The van der Waals surface area contributed by atoms with Gasteiger partial charge in [-0.25, -0.2) is 0 Å². The molecule has 1 heterocycles. The number of nitrogens with one attached hydrogen (secondary N) is 2. The first-order chi connectivity index (χ1) is 16.1. The number of likely N-dealkylation sites (tertiary alicyclic amines) is 1. The second kappa shape index (κ2) is 12.4. The first kappa shape index (κ1) is 26.4. The van der Waals surface area contributed by atoms with E-state index in [1.54, 1.807) is 12.1 Å². The van der Waals surface area contributed by atoms with Gasteiger partial charge in [-0.15, -0.1) is 0 Å². The Kier molecular flexibility index (Phi) is 9.65. The molecule has 12 nitrogen and oxygen atoms in total. The number of guanidine groups is 1. The Morgan fingerprint density at radius 3 is 2.38 bits per heavy atom. The van der Waals surface area contributed by atoms with Crippen molar-refractivity contribution in [2.24, 2.45) is 22.2 Å². The summed E-state index contributed by atoms with van der Waals surface area (Å²) in [4.78, 5) is 55.1. The molecule has 2 rings (SSSR count). The zero-order valence-electron chi connectivity index (χ0n) is 19.2. The number of amides is 4. The molecule has 1 aliphatic heterocycles. The molecule has 0 spiro atoms. The van der Waals surface area contributed by atoms with Crippen LogP contribution in [0.15, 0.2) is 29.3 Å². The molecule has 0 aromatic heterocycles. The van der Waals surface area contributed by atoms with E-state index in [1.165, 1.54) is 24.0 Å². The number of hydrogen-bond acceptors (Lipinski definition) is 6. The Balaban J connectivity index is 2.11. The fraction of sp³-hybridized carbons (Fsp3) is 0.500. The number of aromatic hydroxyl groups is 1. The minimum absolute atomic E-state index is 0.0680. The van der Waals surface area contributed by atoms with E-state index in [0.717, 1.165) is 0 Å². The number of aliphatic imine (C=N–C) groups is 1. The van der Waals surface area contributed by atoms with Crippen LogP contribution < -0.4 is 27.8 Å². The zero-order valence-corrected chi connectivity index (χ0v) is 19.2. The molecule has 1 aromatic carbocycles. The van der Waals surface area contributed by atoms with Crippen LogP contribution in [0.4, 0.5) is 0 Å². The summed E-state index contributed by atoms with van der Waals surface area (Å²) in [7, 11) is 0. The van der Waals surface area contributed by atoms with E-state index in [9.17, 15) is 24.3 Å². The highest BCUT2D eigenvalue weighted by molar-refractivity contribution is 5.94. The predicted octanol–water partition coefficient (Wildman–Crippen LogP) is -1.55. The number of benzene rings is 1. The number of carbonyl (C=O) groups is 4. The summed E-state index contributed by atoms with van der Waals surface area (Å²) in [5, 5.41) is 14.7. The number of phenols is 1. The van der Waals surface area contributed by atoms with Crippen molar-refractivity contribution in [3.63, 3.8) is 0 Å². The van der Waals surface area contributed by atoms with E-state index in [2.05, 4.69) is 15.6 Å². The quantitative estimate of drug-likeness (QED) is 0.126. The van der Waals surface area contributed by atoms with E-state index in [-0.39, 0.29) is 37.0 Å². The monoisotopic (exact) mass is 475 g/mol. The number of phenolic OH excluding ortho intramolecular Hbond substituents is 1. The van der Waals surface area contributed by atoms with Crippen LogP contribution in [-0.2, 0) is 25.6 Å². The molecule has 0 unspecified atom stereocenters. The van der Waals surface area contributed by atoms with Crippen molar-refractivity contribution >= 4 is 29.6 Å². The molecule has 12 heteroatoms. The second-order valence-corrected chi connectivity index (χ2v) is 8.21. The number of primary amides is 1. The lowest BCUT2D eigenvalue weighted by Crippen LogP contribution is -2.56. The number of rotatable bonds is 11. The Morgan fingerprint density at radius 2 is 1.79 bits per heavy atom. The fourth-order valence-corrected chi connectivity index (χ4v) is 3.82. The molecular formula is C22H33N7O5. The molecule has 0 bridgehead atoms. The summed E-state index contributed by atoms with van der Waals surface area (Å²) in [6.45, 7) is 2.12. The molecule has 1 saturated heterocycles. The van der Waals surface area contributed by atoms with Crippen LogP contribution in [0.3, 0.4) is 0 Å². The molecule has 4 amide bonds. The van der Waals surface area contributed by atoms with E-state index >= 15 is 0 Å². The van der Waals surface area contributed by atoms with Gasteiger partial charge in [0.15, 0.2) is 5.96 Å². The Bertz CT molecular complexity index is 915. The minimum Gasteiger partial charge on any atom is -0.508 e. The van der Waals surface area contributed by atoms with Crippen molar-refractivity contribution < 1.29 is 24.3 Å². The lowest BCUT2D eigenvalue weighted by molar-refractivity contribution is -0.138. The van der Waals surface area contributed by atoms with Gasteiger partial charge in [0.25, 0.3) is 0 Å².